The van der Waals surface area contributed by atoms with E-state index in [4.69, 9.17) is 9.47 Å². The van der Waals surface area contributed by atoms with Crippen LogP contribution in [0.3, 0.4) is 0 Å². The van der Waals surface area contributed by atoms with Crippen LogP contribution in [0.4, 0.5) is 17.1 Å². The molecule has 0 N–H and O–H groups in total. The maximum Gasteiger partial charge on any atom is 0.180 e. The van der Waals surface area contributed by atoms with Crippen molar-refractivity contribution in [1.29, 1.82) is 0 Å². The number of para-hydroxylation sites is 5. The summed E-state index contributed by atoms with van der Waals surface area (Å²) in [5, 5.41) is 2.24. The minimum atomic E-state index is 0.789. The molecule has 8 rings (SSSR count). The van der Waals surface area contributed by atoms with E-state index in [0.29, 0.717) is 0 Å². The number of fused-ring (bicyclic) bond motifs is 8. The van der Waals surface area contributed by atoms with Gasteiger partial charge in [-0.2, -0.15) is 0 Å². The molecule has 0 fully saturated rings. The third-order valence-corrected chi connectivity index (χ3v) is 7.82. The van der Waals surface area contributed by atoms with E-state index in [2.05, 4.69) is 120 Å². The molecule has 6 aromatic rings. The molecule has 0 aliphatic carbocycles. The van der Waals surface area contributed by atoms with Gasteiger partial charge in [0.05, 0.1) is 22.4 Å². The fourth-order valence-corrected chi connectivity index (χ4v) is 6.13. The average Bonchev–Trinajstić information content (AvgIpc) is 3.34. The molecule has 1 aromatic heterocycles. The number of rotatable bonds is 3. The Kier molecular flexibility index (Phi) is 4.92. The zero-order chi connectivity index (χ0) is 26.8. The third kappa shape index (κ3) is 3.13. The molecular formula is C36H26N2O2. The zero-order valence-electron chi connectivity index (χ0n) is 22.3. The molecule has 0 saturated carbocycles. The monoisotopic (exact) mass is 518 g/mol. The van der Waals surface area contributed by atoms with Gasteiger partial charge in [-0.3, -0.25) is 4.90 Å². The van der Waals surface area contributed by atoms with Gasteiger partial charge in [-0.05, 0) is 73.5 Å². The molecule has 0 atom stereocenters. The molecule has 4 nitrogen and oxygen atoms in total. The molecule has 2 aliphatic rings. The van der Waals surface area contributed by atoms with Crippen LogP contribution in [0.25, 0.3) is 33.1 Å². The molecule has 5 aromatic carbocycles. The maximum absolute atomic E-state index is 6.82. The number of allylic oxidation sites excluding steroid dienone is 4. The van der Waals surface area contributed by atoms with Gasteiger partial charge in [0.2, 0.25) is 0 Å². The fourth-order valence-electron chi connectivity index (χ4n) is 6.13. The predicted molar refractivity (Wildman–Crippen MR) is 164 cm³/mol. The van der Waals surface area contributed by atoms with E-state index in [0.717, 1.165) is 67.6 Å². The van der Waals surface area contributed by atoms with Gasteiger partial charge in [-0.25, -0.2) is 0 Å². The Bertz CT molecular complexity index is 2040. The van der Waals surface area contributed by atoms with E-state index in [9.17, 15) is 0 Å². The van der Waals surface area contributed by atoms with Crippen LogP contribution >= 0.6 is 0 Å². The van der Waals surface area contributed by atoms with Crippen LogP contribution in [-0.2, 0) is 0 Å². The Morgan fingerprint density at radius 1 is 0.675 bits per heavy atom. The Labute approximate surface area is 232 Å². The second-order valence-corrected chi connectivity index (χ2v) is 10.1. The van der Waals surface area contributed by atoms with E-state index in [-0.39, 0.29) is 0 Å². The summed E-state index contributed by atoms with van der Waals surface area (Å²) in [6.45, 7) is 4.13. The smallest absolute Gasteiger partial charge is 0.180 e. The average molecular weight is 519 g/mol. The number of anilines is 3. The first-order chi connectivity index (χ1) is 19.8. The second kappa shape index (κ2) is 8.65. The largest absolute Gasteiger partial charge is 0.453 e. The Morgan fingerprint density at radius 3 is 2.17 bits per heavy atom. The van der Waals surface area contributed by atoms with E-state index in [1.165, 1.54) is 11.1 Å². The van der Waals surface area contributed by atoms with Crippen LogP contribution < -0.4 is 14.4 Å². The summed E-state index contributed by atoms with van der Waals surface area (Å²) in [7, 11) is 0. The lowest BCUT2D eigenvalue weighted by Gasteiger charge is -2.38. The molecule has 0 saturated heterocycles. The normalized spacial score (nSPS) is 13.7. The number of aromatic nitrogens is 1. The first-order valence-corrected chi connectivity index (χ1v) is 13.6. The summed E-state index contributed by atoms with van der Waals surface area (Å²) < 4.78 is 15.7. The second-order valence-electron chi connectivity index (χ2n) is 10.1. The summed E-state index contributed by atoms with van der Waals surface area (Å²) in [4.78, 5) is 2.28. The molecule has 0 amide bonds. The van der Waals surface area contributed by atoms with Gasteiger partial charge in [0, 0.05) is 16.5 Å². The molecule has 3 heterocycles. The Morgan fingerprint density at radius 2 is 1.40 bits per heavy atom. The number of hydrogen-bond donors (Lipinski definition) is 0. The van der Waals surface area contributed by atoms with Crippen molar-refractivity contribution in [2.45, 2.75) is 13.8 Å². The van der Waals surface area contributed by atoms with Gasteiger partial charge in [-0.1, -0.05) is 72.8 Å². The molecule has 2 aliphatic heterocycles. The highest BCUT2D eigenvalue weighted by Crippen LogP contribution is 2.62. The number of benzene rings is 5. The number of hydrogen-bond acceptors (Lipinski definition) is 3. The zero-order valence-corrected chi connectivity index (χ0v) is 22.3. The quantitative estimate of drug-likeness (QED) is 0.218. The maximum atomic E-state index is 6.82. The summed E-state index contributed by atoms with van der Waals surface area (Å²) in [6.07, 6.45) is 6.38. The van der Waals surface area contributed by atoms with Gasteiger partial charge in [0.25, 0.3) is 0 Å². The van der Waals surface area contributed by atoms with E-state index < -0.39 is 0 Å². The van der Waals surface area contributed by atoms with E-state index in [1.807, 2.05) is 24.3 Å². The fraction of sp³-hybridized carbons (Fsp3) is 0.0556. The van der Waals surface area contributed by atoms with E-state index >= 15 is 0 Å². The van der Waals surface area contributed by atoms with Crippen LogP contribution in [0.5, 0.6) is 23.0 Å². The van der Waals surface area contributed by atoms with Crippen molar-refractivity contribution in [3.05, 3.63) is 127 Å². The van der Waals surface area contributed by atoms with Gasteiger partial charge in [0.1, 0.15) is 5.69 Å². The topological polar surface area (TPSA) is 26.6 Å². The van der Waals surface area contributed by atoms with Gasteiger partial charge < -0.3 is 14.0 Å². The minimum Gasteiger partial charge on any atom is -0.453 e. The van der Waals surface area contributed by atoms with Crippen molar-refractivity contribution in [2.75, 3.05) is 4.90 Å². The molecule has 4 heteroatoms. The van der Waals surface area contributed by atoms with Crippen LogP contribution in [-0.4, -0.2) is 4.57 Å². The minimum absolute atomic E-state index is 0.789. The molecule has 0 unspecified atom stereocenters. The third-order valence-electron chi connectivity index (χ3n) is 7.82. The summed E-state index contributed by atoms with van der Waals surface area (Å²) in [5.41, 5.74) is 8.50. The molecule has 0 radical (unpaired) electrons. The summed E-state index contributed by atoms with van der Waals surface area (Å²) in [5.74, 6) is 3.23. The van der Waals surface area contributed by atoms with Crippen molar-refractivity contribution in [3.8, 4) is 28.7 Å². The van der Waals surface area contributed by atoms with Crippen LogP contribution in [0.15, 0.2) is 121 Å². The predicted octanol–water partition coefficient (Wildman–Crippen LogP) is 10.4. The lowest BCUT2D eigenvalue weighted by Crippen LogP contribution is -2.20. The highest BCUT2D eigenvalue weighted by molar-refractivity contribution is 6.15. The van der Waals surface area contributed by atoms with Crippen molar-refractivity contribution in [2.24, 2.45) is 0 Å². The highest BCUT2D eigenvalue weighted by atomic mass is 16.5. The van der Waals surface area contributed by atoms with Gasteiger partial charge in [0.15, 0.2) is 23.0 Å². The first kappa shape index (κ1) is 22.7. The summed E-state index contributed by atoms with van der Waals surface area (Å²) in [6, 6.07) is 35.9. The van der Waals surface area contributed by atoms with Crippen molar-refractivity contribution in [3.63, 3.8) is 0 Å². The summed E-state index contributed by atoms with van der Waals surface area (Å²) >= 11 is 0. The molecule has 0 bridgehead atoms. The van der Waals surface area contributed by atoms with Crippen LogP contribution in [0.1, 0.15) is 19.4 Å². The first-order valence-electron chi connectivity index (χ1n) is 13.6. The van der Waals surface area contributed by atoms with Crippen LogP contribution in [0, 0.1) is 0 Å². The lowest BCUT2D eigenvalue weighted by molar-refractivity contribution is 0.449. The van der Waals surface area contributed by atoms with Gasteiger partial charge >= 0.3 is 0 Å². The molecule has 0 spiro atoms. The van der Waals surface area contributed by atoms with E-state index in [1.54, 1.807) is 0 Å². The van der Waals surface area contributed by atoms with Crippen molar-refractivity contribution >= 4 is 44.4 Å². The van der Waals surface area contributed by atoms with Crippen LogP contribution in [0.2, 0.25) is 0 Å². The Hall–Kier alpha value is -5.22. The van der Waals surface area contributed by atoms with Gasteiger partial charge in [-0.15, -0.1) is 0 Å². The SMILES string of the molecule is C/C=C\C(=C/C)c1cccc(-n2c3ccccc3c3cc4c5c(c32)Oc2ccccc2N5c2ccccc2O4)c1. The molecule has 40 heavy (non-hydrogen) atoms. The highest BCUT2D eigenvalue weighted by Gasteiger charge is 2.37. The molecule has 192 valence electrons. The van der Waals surface area contributed by atoms with Crippen molar-refractivity contribution in [1.82, 2.24) is 4.57 Å². The standard InChI is InChI=1S/C36H26N2O2/c1-3-12-23(4-2)24-13-11-14-25(21-24)37-28-16-6-5-15-26(28)27-22-33-35-36(34(27)37)40-32-20-10-8-18-30(32)38(35)29-17-7-9-19-31(29)39-33/h3-22H,1-2H3/b12-3-,23-4+. The van der Waals surface area contributed by atoms with Crippen molar-refractivity contribution < 1.29 is 9.47 Å². The lowest BCUT2D eigenvalue weighted by atomic mass is 10.0. The number of nitrogens with zero attached hydrogens (tertiary/aromatic N) is 2. The number of ether oxygens (including phenoxy) is 2. The molecular weight excluding hydrogens is 492 g/mol. The Balaban J connectivity index is 1.49.